The Morgan fingerprint density at radius 3 is 2.58 bits per heavy atom. The maximum atomic E-state index is 12.0. The van der Waals surface area contributed by atoms with E-state index in [0.717, 1.165) is 31.6 Å². The smallest absolute Gasteiger partial charge is 0.302 e. The number of ether oxygens (including phenoxy) is 1. The van der Waals surface area contributed by atoms with Crippen molar-refractivity contribution >= 4 is 11.9 Å². The maximum Gasteiger partial charge on any atom is 0.302 e. The van der Waals surface area contributed by atoms with Gasteiger partial charge < -0.3 is 10.1 Å². The molecule has 1 amide bonds. The number of esters is 1. The molecule has 0 aromatic rings. The SMILES string of the molecule is CCC1CC2NC(=O)CC[C@]2(C)[C@@H]2CC[C@]3(C)C(OC(C)=O)CC[C@H]3[C@H]12. The molecule has 1 heterocycles. The first-order valence-electron chi connectivity index (χ1n) is 10.8. The molecule has 0 spiro atoms. The quantitative estimate of drug-likeness (QED) is 0.754. The van der Waals surface area contributed by atoms with Gasteiger partial charge in [0.25, 0.3) is 0 Å². The fourth-order valence-electron chi connectivity index (χ4n) is 7.63. The van der Waals surface area contributed by atoms with Crippen LogP contribution in [0.25, 0.3) is 0 Å². The number of rotatable bonds is 2. The Balaban J connectivity index is 1.66. The van der Waals surface area contributed by atoms with Crippen LogP contribution < -0.4 is 5.32 Å². The summed E-state index contributed by atoms with van der Waals surface area (Å²) in [5, 5.41) is 3.35. The summed E-state index contributed by atoms with van der Waals surface area (Å²) in [4.78, 5) is 23.7. The number of fused-ring (bicyclic) bond motifs is 5. The molecule has 1 aliphatic heterocycles. The molecule has 4 fully saturated rings. The van der Waals surface area contributed by atoms with Crippen molar-refractivity contribution in [3.05, 3.63) is 0 Å². The molecule has 1 N–H and O–H groups in total. The van der Waals surface area contributed by atoms with Crippen LogP contribution >= 0.6 is 0 Å². The van der Waals surface area contributed by atoms with E-state index in [1.54, 1.807) is 6.92 Å². The van der Waals surface area contributed by atoms with Crippen molar-refractivity contribution < 1.29 is 14.3 Å². The lowest BCUT2D eigenvalue weighted by molar-refractivity contribution is -0.165. The molecule has 4 aliphatic rings. The number of amides is 1. The zero-order valence-electron chi connectivity index (χ0n) is 16.8. The fourth-order valence-corrected chi connectivity index (χ4v) is 7.63. The van der Waals surface area contributed by atoms with Crippen molar-refractivity contribution in [2.45, 2.75) is 91.2 Å². The molecular formula is C22H35NO3. The van der Waals surface area contributed by atoms with E-state index in [1.165, 1.54) is 19.3 Å². The molecule has 1 saturated heterocycles. The van der Waals surface area contributed by atoms with Crippen molar-refractivity contribution in [2.24, 2.45) is 34.5 Å². The van der Waals surface area contributed by atoms with E-state index in [1.807, 2.05) is 0 Å². The second kappa shape index (κ2) is 6.24. The predicted octanol–water partition coefficient (Wildman–Crippen LogP) is 4.08. The molecule has 0 aromatic heterocycles. The van der Waals surface area contributed by atoms with Crippen molar-refractivity contribution in [3.8, 4) is 0 Å². The normalized spacial score (nSPS) is 50.2. The minimum atomic E-state index is -0.128. The number of hydrogen-bond acceptors (Lipinski definition) is 3. The molecule has 0 bridgehead atoms. The first-order chi connectivity index (χ1) is 12.3. The lowest BCUT2D eigenvalue weighted by Crippen LogP contribution is -2.63. The molecule has 4 rings (SSSR count). The van der Waals surface area contributed by atoms with Crippen molar-refractivity contribution in [3.63, 3.8) is 0 Å². The van der Waals surface area contributed by atoms with Crippen LogP contribution in [-0.2, 0) is 14.3 Å². The van der Waals surface area contributed by atoms with E-state index in [2.05, 4.69) is 26.1 Å². The van der Waals surface area contributed by atoms with Gasteiger partial charge in [0.15, 0.2) is 0 Å². The van der Waals surface area contributed by atoms with Crippen molar-refractivity contribution in [1.29, 1.82) is 0 Å². The Morgan fingerprint density at radius 2 is 1.88 bits per heavy atom. The van der Waals surface area contributed by atoms with Gasteiger partial charge in [-0.2, -0.15) is 0 Å². The summed E-state index contributed by atoms with van der Waals surface area (Å²) < 4.78 is 5.78. The van der Waals surface area contributed by atoms with Crippen LogP contribution in [0.5, 0.6) is 0 Å². The van der Waals surface area contributed by atoms with Crippen LogP contribution in [0.1, 0.15) is 79.1 Å². The lowest BCUT2D eigenvalue weighted by atomic mass is 9.45. The highest BCUT2D eigenvalue weighted by atomic mass is 16.5. The minimum Gasteiger partial charge on any atom is -0.462 e. The van der Waals surface area contributed by atoms with Gasteiger partial charge in [0.1, 0.15) is 6.10 Å². The van der Waals surface area contributed by atoms with Crippen LogP contribution in [-0.4, -0.2) is 24.0 Å². The van der Waals surface area contributed by atoms with Gasteiger partial charge in [0, 0.05) is 24.8 Å². The molecule has 4 heteroatoms. The van der Waals surface area contributed by atoms with Crippen LogP contribution in [0.4, 0.5) is 0 Å². The highest BCUT2D eigenvalue weighted by Gasteiger charge is 2.63. The van der Waals surface area contributed by atoms with Gasteiger partial charge in [0.05, 0.1) is 0 Å². The molecule has 3 saturated carbocycles. The largest absolute Gasteiger partial charge is 0.462 e. The lowest BCUT2D eigenvalue weighted by Gasteiger charge is -2.62. The van der Waals surface area contributed by atoms with Gasteiger partial charge in [0.2, 0.25) is 5.91 Å². The Bertz CT molecular complexity index is 604. The van der Waals surface area contributed by atoms with E-state index >= 15 is 0 Å². The third-order valence-electron chi connectivity index (χ3n) is 9.03. The monoisotopic (exact) mass is 361 g/mol. The first kappa shape index (κ1) is 18.3. The molecule has 0 radical (unpaired) electrons. The van der Waals surface area contributed by atoms with Crippen molar-refractivity contribution in [1.82, 2.24) is 5.32 Å². The summed E-state index contributed by atoms with van der Waals surface area (Å²) in [6.07, 6.45) is 8.73. The van der Waals surface area contributed by atoms with E-state index < -0.39 is 0 Å². The zero-order valence-corrected chi connectivity index (χ0v) is 16.8. The highest BCUT2D eigenvalue weighted by Crippen LogP contribution is 2.66. The number of piperidine rings is 1. The summed E-state index contributed by atoms with van der Waals surface area (Å²) in [5.74, 6) is 2.87. The molecule has 3 unspecified atom stereocenters. The van der Waals surface area contributed by atoms with E-state index in [9.17, 15) is 9.59 Å². The molecule has 4 nitrogen and oxygen atoms in total. The van der Waals surface area contributed by atoms with Crippen molar-refractivity contribution in [2.75, 3.05) is 0 Å². The predicted molar refractivity (Wildman–Crippen MR) is 100 cm³/mol. The third kappa shape index (κ3) is 2.54. The second-order valence-corrected chi connectivity index (χ2v) is 10.0. The van der Waals surface area contributed by atoms with Gasteiger partial charge in [-0.1, -0.05) is 27.2 Å². The number of hydrogen-bond donors (Lipinski definition) is 1. The zero-order chi connectivity index (χ0) is 18.7. The van der Waals surface area contributed by atoms with Gasteiger partial charge in [-0.15, -0.1) is 0 Å². The average Bonchev–Trinajstić information content (AvgIpc) is 2.91. The second-order valence-electron chi connectivity index (χ2n) is 10.0. The number of nitrogens with one attached hydrogen (secondary N) is 1. The molecule has 3 aliphatic carbocycles. The maximum absolute atomic E-state index is 12.0. The van der Waals surface area contributed by atoms with E-state index in [0.29, 0.717) is 30.2 Å². The minimum absolute atomic E-state index is 0.0973. The summed E-state index contributed by atoms with van der Waals surface area (Å²) in [6.45, 7) is 8.70. The molecule has 146 valence electrons. The van der Waals surface area contributed by atoms with E-state index in [4.69, 9.17) is 4.74 Å². The van der Waals surface area contributed by atoms with Gasteiger partial charge in [-0.25, -0.2) is 0 Å². The van der Waals surface area contributed by atoms with Crippen LogP contribution in [0.2, 0.25) is 0 Å². The molecule has 8 atom stereocenters. The number of carbonyl (C=O) groups excluding carboxylic acids is 2. The summed E-state index contributed by atoms with van der Waals surface area (Å²) in [6, 6.07) is 0.352. The summed E-state index contributed by atoms with van der Waals surface area (Å²) >= 11 is 0. The Labute approximate surface area is 157 Å². The fraction of sp³-hybridized carbons (Fsp3) is 0.909. The van der Waals surface area contributed by atoms with Crippen LogP contribution in [0.3, 0.4) is 0 Å². The Kier molecular flexibility index (Phi) is 4.39. The Morgan fingerprint density at radius 1 is 1.15 bits per heavy atom. The molecule has 26 heavy (non-hydrogen) atoms. The van der Waals surface area contributed by atoms with Gasteiger partial charge in [-0.3, -0.25) is 9.59 Å². The van der Waals surface area contributed by atoms with Crippen LogP contribution in [0.15, 0.2) is 0 Å². The van der Waals surface area contributed by atoms with Crippen LogP contribution in [0, 0.1) is 34.5 Å². The number of carbonyl (C=O) groups is 2. The van der Waals surface area contributed by atoms with Gasteiger partial charge >= 0.3 is 5.97 Å². The Hall–Kier alpha value is -1.06. The molecular weight excluding hydrogens is 326 g/mol. The summed E-state index contributed by atoms with van der Waals surface area (Å²) in [7, 11) is 0. The summed E-state index contributed by atoms with van der Waals surface area (Å²) in [5.41, 5.74) is 0.381. The highest BCUT2D eigenvalue weighted by molar-refractivity contribution is 5.77. The van der Waals surface area contributed by atoms with Gasteiger partial charge in [-0.05, 0) is 67.6 Å². The van der Waals surface area contributed by atoms with E-state index in [-0.39, 0.29) is 28.8 Å². The first-order valence-corrected chi connectivity index (χ1v) is 10.8. The third-order valence-corrected chi connectivity index (χ3v) is 9.03. The molecule has 0 aromatic carbocycles. The topological polar surface area (TPSA) is 55.4 Å². The standard InChI is InChI=1S/C22H35NO3/c1-5-14-12-17-21(3,11-9-19(25)23-17)16-8-10-22(4)15(20(14)16)6-7-18(22)26-13(2)24/h14-18,20H,5-12H2,1-4H3,(H,23,25)/t14?,15-,16+,17?,18?,20-,21+,22-/m0/s1. The average molecular weight is 362 g/mol.